The number of pyridine rings is 1. The molecule has 1 aliphatic rings. The quantitative estimate of drug-likeness (QED) is 0.836. The van der Waals surface area contributed by atoms with Crippen LogP contribution in [0.1, 0.15) is 30.6 Å². The number of amides is 2. The molecular weight excluding hydrogens is 382 g/mol. The number of hydrogen-bond acceptors (Lipinski definition) is 3. The second-order valence-electron chi connectivity index (χ2n) is 6.28. The lowest BCUT2D eigenvalue weighted by Gasteiger charge is -2.18. The van der Waals surface area contributed by atoms with E-state index in [1.54, 1.807) is 11.1 Å². The van der Waals surface area contributed by atoms with Gasteiger partial charge >= 0.3 is 0 Å². The van der Waals surface area contributed by atoms with Crippen molar-refractivity contribution < 1.29 is 9.59 Å². The molecule has 2 heterocycles. The lowest BCUT2D eigenvalue weighted by atomic mass is 10.1. The predicted octanol–water partition coefficient (Wildman–Crippen LogP) is 3.07. The number of hydrogen-bond donors (Lipinski definition) is 1. The molecular formula is C19H20BrN3O2. The highest BCUT2D eigenvalue weighted by Crippen LogP contribution is 2.22. The third-order valence-electron chi connectivity index (χ3n) is 4.39. The lowest BCUT2D eigenvalue weighted by Crippen LogP contribution is -2.34. The summed E-state index contributed by atoms with van der Waals surface area (Å²) in [7, 11) is 0. The third-order valence-corrected chi connectivity index (χ3v) is 4.92. The van der Waals surface area contributed by atoms with E-state index in [4.69, 9.17) is 0 Å². The highest BCUT2D eigenvalue weighted by Gasteiger charge is 2.34. The van der Waals surface area contributed by atoms with Crippen LogP contribution in [0, 0.1) is 5.92 Å². The van der Waals surface area contributed by atoms with Gasteiger partial charge in [-0.3, -0.25) is 14.6 Å². The standard InChI is InChI=1S/C19H20BrN3O2/c1-13(14-5-7-16(20)8-6-14)22-19(25)15-10-18(24)23(11-15)12-17-4-2-3-9-21-17/h2-9,13,15H,10-12H2,1H3,(H,22,25)/t13-,15+/m0/s1. The summed E-state index contributed by atoms with van der Waals surface area (Å²) in [4.78, 5) is 30.7. The van der Waals surface area contributed by atoms with E-state index < -0.39 is 0 Å². The fraction of sp³-hybridized carbons (Fsp3) is 0.316. The van der Waals surface area contributed by atoms with Gasteiger partial charge in [-0.25, -0.2) is 0 Å². The third kappa shape index (κ3) is 4.45. The Balaban J connectivity index is 1.58. The number of halogens is 1. The van der Waals surface area contributed by atoms with E-state index in [-0.39, 0.29) is 30.2 Å². The molecule has 0 spiro atoms. The van der Waals surface area contributed by atoms with Crippen LogP contribution in [0.4, 0.5) is 0 Å². The molecule has 1 aliphatic heterocycles. The first-order chi connectivity index (χ1) is 12.0. The molecule has 1 fully saturated rings. The van der Waals surface area contributed by atoms with Gasteiger partial charge in [0.2, 0.25) is 11.8 Å². The Labute approximate surface area is 155 Å². The summed E-state index contributed by atoms with van der Waals surface area (Å²) in [5, 5.41) is 3.01. The van der Waals surface area contributed by atoms with Crippen molar-refractivity contribution in [2.75, 3.05) is 6.54 Å². The average molecular weight is 402 g/mol. The van der Waals surface area contributed by atoms with Crippen molar-refractivity contribution in [3.63, 3.8) is 0 Å². The van der Waals surface area contributed by atoms with Gasteiger partial charge in [0, 0.05) is 23.6 Å². The minimum Gasteiger partial charge on any atom is -0.349 e. The first kappa shape index (κ1) is 17.6. The number of nitrogens with zero attached hydrogens (tertiary/aromatic N) is 2. The number of nitrogens with one attached hydrogen (secondary N) is 1. The van der Waals surface area contributed by atoms with Gasteiger partial charge in [0.1, 0.15) is 0 Å². The molecule has 6 heteroatoms. The van der Waals surface area contributed by atoms with Gasteiger partial charge in [-0.1, -0.05) is 34.1 Å². The van der Waals surface area contributed by atoms with Gasteiger partial charge in [0.15, 0.2) is 0 Å². The molecule has 0 saturated carbocycles. The number of carbonyl (C=O) groups excluding carboxylic acids is 2. The molecule has 5 nitrogen and oxygen atoms in total. The van der Waals surface area contributed by atoms with Crippen LogP contribution in [0.2, 0.25) is 0 Å². The van der Waals surface area contributed by atoms with Gasteiger partial charge in [0.05, 0.1) is 24.2 Å². The Morgan fingerprint density at radius 3 is 2.76 bits per heavy atom. The van der Waals surface area contributed by atoms with Crippen LogP contribution in [0.3, 0.4) is 0 Å². The number of likely N-dealkylation sites (tertiary alicyclic amines) is 1. The second-order valence-corrected chi connectivity index (χ2v) is 7.19. The number of carbonyl (C=O) groups is 2. The van der Waals surface area contributed by atoms with Crippen molar-refractivity contribution in [2.45, 2.75) is 25.9 Å². The predicted molar refractivity (Wildman–Crippen MR) is 98.5 cm³/mol. The zero-order valence-electron chi connectivity index (χ0n) is 14.0. The monoisotopic (exact) mass is 401 g/mol. The summed E-state index contributed by atoms with van der Waals surface area (Å²) in [6, 6.07) is 13.4. The molecule has 0 radical (unpaired) electrons. The summed E-state index contributed by atoms with van der Waals surface area (Å²) in [6.45, 7) is 2.84. The molecule has 1 aromatic carbocycles. The molecule has 25 heavy (non-hydrogen) atoms. The summed E-state index contributed by atoms with van der Waals surface area (Å²) >= 11 is 3.40. The molecule has 2 amide bonds. The van der Waals surface area contributed by atoms with E-state index in [2.05, 4.69) is 26.2 Å². The van der Waals surface area contributed by atoms with E-state index in [0.717, 1.165) is 15.7 Å². The van der Waals surface area contributed by atoms with Gasteiger partial charge in [-0.05, 0) is 36.8 Å². The van der Waals surface area contributed by atoms with Crippen LogP contribution in [0.25, 0.3) is 0 Å². The minimum atomic E-state index is -0.311. The Morgan fingerprint density at radius 1 is 1.32 bits per heavy atom. The maximum atomic E-state index is 12.5. The molecule has 0 unspecified atom stereocenters. The molecule has 1 saturated heterocycles. The van der Waals surface area contributed by atoms with Gasteiger partial charge in [-0.2, -0.15) is 0 Å². The van der Waals surface area contributed by atoms with Crippen molar-refractivity contribution in [2.24, 2.45) is 5.92 Å². The number of rotatable bonds is 5. The minimum absolute atomic E-state index is 0.00194. The molecule has 1 aromatic heterocycles. The maximum Gasteiger partial charge on any atom is 0.225 e. The molecule has 0 aliphatic carbocycles. The molecule has 0 bridgehead atoms. The number of benzene rings is 1. The van der Waals surface area contributed by atoms with Gasteiger partial charge in [-0.15, -0.1) is 0 Å². The summed E-state index contributed by atoms with van der Waals surface area (Å²) < 4.78 is 1.00. The first-order valence-corrected chi connectivity index (χ1v) is 9.06. The molecule has 130 valence electrons. The highest BCUT2D eigenvalue weighted by atomic mass is 79.9. The van der Waals surface area contributed by atoms with Crippen molar-refractivity contribution in [3.05, 3.63) is 64.4 Å². The summed E-state index contributed by atoms with van der Waals surface area (Å²) in [5.74, 6) is -0.386. The van der Waals surface area contributed by atoms with Crippen LogP contribution >= 0.6 is 15.9 Å². The zero-order chi connectivity index (χ0) is 17.8. The van der Waals surface area contributed by atoms with E-state index in [1.807, 2.05) is 49.4 Å². The average Bonchev–Trinajstić information content (AvgIpc) is 2.97. The second kappa shape index (κ2) is 7.78. The SMILES string of the molecule is C[C@H](NC(=O)[C@@H]1CC(=O)N(Cc2ccccn2)C1)c1ccc(Br)cc1. The van der Waals surface area contributed by atoms with Crippen molar-refractivity contribution in [1.82, 2.24) is 15.2 Å². The van der Waals surface area contributed by atoms with Gasteiger partial charge < -0.3 is 10.2 Å². The van der Waals surface area contributed by atoms with Crippen molar-refractivity contribution in [1.29, 1.82) is 0 Å². The Morgan fingerprint density at radius 2 is 2.08 bits per heavy atom. The van der Waals surface area contributed by atoms with Crippen molar-refractivity contribution in [3.8, 4) is 0 Å². The van der Waals surface area contributed by atoms with E-state index in [1.165, 1.54) is 0 Å². The summed E-state index contributed by atoms with van der Waals surface area (Å²) in [6.07, 6.45) is 1.96. The highest BCUT2D eigenvalue weighted by molar-refractivity contribution is 9.10. The lowest BCUT2D eigenvalue weighted by molar-refractivity contribution is -0.129. The van der Waals surface area contributed by atoms with Crippen LogP contribution in [0.15, 0.2) is 53.1 Å². The smallest absolute Gasteiger partial charge is 0.225 e. The largest absolute Gasteiger partial charge is 0.349 e. The molecule has 2 atom stereocenters. The van der Waals surface area contributed by atoms with Crippen LogP contribution in [-0.4, -0.2) is 28.2 Å². The molecule has 3 rings (SSSR count). The topological polar surface area (TPSA) is 62.3 Å². The van der Waals surface area contributed by atoms with Crippen molar-refractivity contribution >= 4 is 27.7 Å². The van der Waals surface area contributed by atoms with Crippen LogP contribution < -0.4 is 5.32 Å². The molecule has 1 N–H and O–H groups in total. The van der Waals surface area contributed by atoms with E-state index in [9.17, 15) is 9.59 Å². The summed E-state index contributed by atoms with van der Waals surface area (Å²) in [5.41, 5.74) is 1.87. The Bertz CT molecular complexity index is 749. The van der Waals surface area contributed by atoms with E-state index in [0.29, 0.717) is 13.1 Å². The molecule has 2 aromatic rings. The van der Waals surface area contributed by atoms with E-state index >= 15 is 0 Å². The Hall–Kier alpha value is -2.21. The van der Waals surface area contributed by atoms with Crippen LogP contribution in [0.5, 0.6) is 0 Å². The maximum absolute atomic E-state index is 12.5. The fourth-order valence-electron chi connectivity index (χ4n) is 2.95. The van der Waals surface area contributed by atoms with Gasteiger partial charge in [0.25, 0.3) is 0 Å². The Kier molecular flexibility index (Phi) is 5.48. The zero-order valence-corrected chi connectivity index (χ0v) is 15.6. The normalized spacial score (nSPS) is 18.2. The number of aromatic nitrogens is 1. The fourth-order valence-corrected chi connectivity index (χ4v) is 3.22. The first-order valence-electron chi connectivity index (χ1n) is 8.26. The van der Waals surface area contributed by atoms with Crippen LogP contribution in [-0.2, 0) is 16.1 Å².